The highest BCUT2D eigenvalue weighted by Gasteiger charge is 2.64. The Balaban J connectivity index is 2.48. The summed E-state index contributed by atoms with van der Waals surface area (Å²) in [6.45, 7) is 10.3. The zero-order valence-corrected chi connectivity index (χ0v) is 15.0. The summed E-state index contributed by atoms with van der Waals surface area (Å²) in [5, 5.41) is 2.63. The molecule has 1 fully saturated rings. The van der Waals surface area contributed by atoms with E-state index >= 15 is 0 Å². The lowest BCUT2D eigenvalue weighted by atomic mass is 9.54. The van der Waals surface area contributed by atoms with Crippen LogP contribution in [0.3, 0.4) is 0 Å². The Morgan fingerprint density at radius 3 is 2.24 bits per heavy atom. The van der Waals surface area contributed by atoms with Crippen molar-refractivity contribution >= 4 is 6.09 Å². The van der Waals surface area contributed by atoms with Crippen LogP contribution in [-0.2, 0) is 10.3 Å². The second-order valence-electron chi connectivity index (χ2n) is 7.80. The third kappa shape index (κ3) is 3.67. The summed E-state index contributed by atoms with van der Waals surface area (Å²) in [7, 11) is 0. The zero-order chi connectivity index (χ0) is 19.1. The van der Waals surface area contributed by atoms with Crippen LogP contribution in [0, 0.1) is 11.2 Å². The summed E-state index contributed by atoms with van der Waals surface area (Å²) in [5.41, 5.74) is -3.26. The molecular formula is C19H24F3NO2. The average molecular weight is 355 g/mol. The lowest BCUT2D eigenvalue weighted by Gasteiger charge is -2.56. The molecule has 1 aliphatic carbocycles. The third-order valence-corrected chi connectivity index (χ3v) is 4.70. The second kappa shape index (κ2) is 6.07. The van der Waals surface area contributed by atoms with Crippen molar-refractivity contribution in [1.82, 2.24) is 5.32 Å². The van der Waals surface area contributed by atoms with Crippen LogP contribution in [0.1, 0.15) is 46.1 Å². The maximum Gasteiger partial charge on any atom is 0.408 e. The van der Waals surface area contributed by atoms with Gasteiger partial charge in [-0.05, 0) is 33.8 Å². The van der Waals surface area contributed by atoms with E-state index in [1.165, 1.54) is 31.2 Å². The molecule has 1 N–H and O–H groups in total. The van der Waals surface area contributed by atoms with Gasteiger partial charge in [-0.25, -0.2) is 18.0 Å². The number of alkyl carbamates (subject to hydrolysis) is 1. The average Bonchev–Trinajstić information content (AvgIpc) is 2.42. The predicted octanol–water partition coefficient (Wildman–Crippen LogP) is 5.17. The Kier molecular flexibility index (Phi) is 4.70. The van der Waals surface area contributed by atoms with Crippen molar-refractivity contribution in [1.29, 1.82) is 0 Å². The Morgan fingerprint density at radius 1 is 1.24 bits per heavy atom. The van der Waals surface area contributed by atoms with E-state index in [0.717, 1.165) is 0 Å². The largest absolute Gasteiger partial charge is 0.444 e. The van der Waals surface area contributed by atoms with Gasteiger partial charge in [0.1, 0.15) is 11.4 Å². The summed E-state index contributed by atoms with van der Waals surface area (Å²) in [5.74, 6) is -3.46. The highest BCUT2D eigenvalue weighted by atomic mass is 19.3. The first kappa shape index (κ1) is 19.3. The molecule has 1 aromatic rings. The van der Waals surface area contributed by atoms with E-state index in [4.69, 9.17) is 4.74 Å². The molecule has 0 unspecified atom stereocenters. The van der Waals surface area contributed by atoms with Gasteiger partial charge >= 0.3 is 6.09 Å². The van der Waals surface area contributed by atoms with E-state index < -0.39 is 47.2 Å². The Hall–Kier alpha value is -1.98. The molecule has 0 aromatic heterocycles. The SMILES string of the molecule is C=CC1([C@](C)(NC(=O)OC(C)(C)C)c2ccccc2F)CC(F)(F)C1. The molecule has 1 saturated carbocycles. The number of nitrogens with one attached hydrogen (secondary N) is 1. The maximum atomic E-state index is 14.5. The summed E-state index contributed by atoms with van der Waals surface area (Å²) < 4.78 is 47.1. The van der Waals surface area contributed by atoms with Gasteiger partial charge in [0.25, 0.3) is 0 Å². The maximum absolute atomic E-state index is 14.5. The molecule has 6 heteroatoms. The molecule has 1 atom stereocenters. The van der Waals surface area contributed by atoms with Gasteiger partial charge in [-0.1, -0.05) is 24.3 Å². The van der Waals surface area contributed by atoms with E-state index in [1.807, 2.05) is 0 Å². The predicted molar refractivity (Wildman–Crippen MR) is 89.9 cm³/mol. The molecular weight excluding hydrogens is 331 g/mol. The topological polar surface area (TPSA) is 38.3 Å². The Morgan fingerprint density at radius 2 is 1.80 bits per heavy atom. The molecule has 0 bridgehead atoms. The van der Waals surface area contributed by atoms with E-state index in [2.05, 4.69) is 11.9 Å². The molecule has 0 saturated heterocycles. The van der Waals surface area contributed by atoms with E-state index in [1.54, 1.807) is 26.8 Å². The lowest BCUT2D eigenvalue weighted by molar-refractivity contribution is -0.172. The van der Waals surface area contributed by atoms with Gasteiger partial charge in [0.2, 0.25) is 5.92 Å². The number of hydrogen-bond acceptors (Lipinski definition) is 2. The summed E-state index contributed by atoms with van der Waals surface area (Å²) in [6, 6.07) is 5.82. The van der Waals surface area contributed by atoms with Crippen molar-refractivity contribution in [3.05, 3.63) is 48.3 Å². The molecule has 1 aromatic carbocycles. The molecule has 138 valence electrons. The number of benzene rings is 1. The minimum Gasteiger partial charge on any atom is -0.444 e. The molecule has 1 amide bonds. The van der Waals surface area contributed by atoms with E-state index in [-0.39, 0.29) is 5.56 Å². The second-order valence-corrected chi connectivity index (χ2v) is 7.80. The van der Waals surface area contributed by atoms with Crippen LogP contribution in [0.4, 0.5) is 18.0 Å². The van der Waals surface area contributed by atoms with Crippen molar-refractivity contribution in [2.24, 2.45) is 5.41 Å². The van der Waals surface area contributed by atoms with Gasteiger partial charge in [-0.3, -0.25) is 0 Å². The van der Waals surface area contributed by atoms with Gasteiger partial charge in [-0.15, -0.1) is 6.58 Å². The standard InChI is InChI=1S/C19H24F3NO2/c1-6-18(11-19(21,22)12-18)17(5,13-9-7-8-10-14(13)20)23-15(24)25-16(2,3)4/h6-10H,1,11-12H2,2-5H3,(H,23,24)/t17-/m1/s1. The quantitative estimate of drug-likeness (QED) is 0.757. The number of alkyl halides is 2. The van der Waals surface area contributed by atoms with Crippen LogP contribution < -0.4 is 5.32 Å². The van der Waals surface area contributed by atoms with Crippen molar-refractivity contribution in [3.63, 3.8) is 0 Å². The van der Waals surface area contributed by atoms with Crippen LogP contribution in [0.15, 0.2) is 36.9 Å². The molecule has 1 aliphatic rings. The monoisotopic (exact) mass is 355 g/mol. The molecule has 25 heavy (non-hydrogen) atoms. The van der Waals surface area contributed by atoms with Gasteiger partial charge in [0.05, 0.1) is 5.54 Å². The number of carbonyl (C=O) groups excluding carboxylic acids is 1. The van der Waals surface area contributed by atoms with Crippen LogP contribution in [-0.4, -0.2) is 17.6 Å². The molecule has 0 radical (unpaired) electrons. The summed E-state index contributed by atoms with van der Waals surface area (Å²) in [6.07, 6.45) is -0.461. The number of hydrogen-bond donors (Lipinski definition) is 1. The van der Waals surface area contributed by atoms with Crippen molar-refractivity contribution in [2.75, 3.05) is 0 Å². The summed E-state index contributed by atoms with van der Waals surface area (Å²) in [4.78, 5) is 12.3. The first-order valence-electron chi connectivity index (χ1n) is 8.12. The molecule has 0 aliphatic heterocycles. The highest BCUT2D eigenvalue weighted by molar-refractivity contribution is 5.69. The van der Waals surface area contributed by atoms with Crippen LogP contribution in [0.5, 0.6) is 0 Å². The number of carbonyl (C=O) groups is 1. The van der Waals surface area contributed by atoms with Crippen LogP contribution in [0.2, 0.25) is 0 Å². The number of halogens is 3. The number of rotatable bonds is 4. The summed E-state index contributed by atoms with van der Waals surface area (Å²) >= 11 is 0. The van der Waals surface area contributed by atoms with Crippen molar-refractivity contribution < 1.29 is 22.7 Å². The Bertz CT molecular complexity index is 673. The van der Waals surface area contributed by atoms with Gasteiger partial charge in [0.15, 0.2) is 0 Å². The molecule has 0 spiro atoms. The van der Waals surface area contributed by atoms with Crippen molar-refractivity contribution in [3.8, 4) is 0 Å². The van der Waals surface area contributed by atoms with Crippen LogP contribution in [0.25, 0.3) is 0 Å². The van der Waals surface area contributed by atoms with E-state index in [9.17, 15) is 18.0 Å². The molecule has 2 rings (SSSR count). The fourth-order valence-corrected chi connectivity index (χ4v) is 3.41. The third-order valence-electron chi connectivity index (χ3n) is 4.70. The first-order valence-corrected chi connectivity index (χ1v) is 8.12. The number of amides is 1. The molecule has 0 heterocycles. The zero-order valence-electron chi connectivity index (χ0n) is 15.0. The van der Waals surface area contributed by atoms with E-state index in [0.29, 0.717) is 0 Å². The minimum absolute atomic E-state index is 0.122. The van der Waals surface area contributed by atoms with Crippen LogP contribution >= 0.6 is 0 Å². The smallest absolute Gasteiger partial charge is 0.408 e. The number of ether oxygens (including phenoxy) is 1. The Labute approximate surface area is 146 Å². The van der Waals surface area contributed by atoms with Crippen molar-refractivity contribution in [2.45, 2.75) is 57.6 Å². The van der Waals surface area contributed by atoms with Gasteiger partial charge in [0, 0.05) is 23.8 Å². The molecule has 3 nitrogen and oxygen atoms in total. The highest BCUT2D eigenvalue weighted by Crippen LogP contribution is 2.61. The minimum atomic E-state index is -2.88. The first-order chi connectivity index (χ1) is 11.3. The lowest BCUT2D eigenvalue weighted by Crippen LogP contribution is -2.63. The van der Waals surface area contributed by atoms with Gasteiger partial charge < -0.3 is 10.1 Å². The fraction of sp³-hybridized carbons (Fsp3) is 0.526. The fourth-order valence-electron chi connectivity index (χ4n) is 3.41. The van der Waals surface area contributed by atoms with Gasteiger partial charge in [-0.2, -0.15) is 0 Å². The normalized spacial score (nSPS) is 20.8.